The highest BCUT2D eigenvalue weighted by molar-refractivity contribution is 7.93. The molecule has 2 rings (SSSR count). The van der Waals surface area contributed by atoms with Gasteiger partial charge in [0.25, 0.3) is 0 Å². The fourth-order valence-electron chi connectivity index (χ4n) is 2.33. The summed E-state index contributed by atoms with van der Waals surface area (Å²) < 4.78 is 22.2. The predicted molar refractivity (Wildman–Crippen MR) is 48.7 cm³/mol. The Bertz CT molecular complexity index is 365. The highest BCUT2D eigenvalue weighted by Crippen LogP contribution is 2.67. The first-order valence-electron chi connectivity index (χ1n) is 4.63. The van der Waals surface area contributed by atoms with E-state index in [2.05, 4.69) is 0 Å². The molecular formula is C9H13NO2S. The van der Waals surface area contributed by atoms with Crippen LogP contribution in [0.5, 0.6) is 0 Å². The van der Waals surface area contributed by atoms with Gasteiger partial charge in [-0.1, -0.05) is 6.92 Å². The minimum atomic E-state index is -3.17. The van der Waals surface area contributed by atoms with Gasteiger partial charge in [0.1, 0.15) is 0 Å². The average molecular weight is 199 g/mol. The SMILES string of the molecule is CCS(=O)(=O)C1(C#N)CC2(CC2)C1. The van der Waals surface area contributed by atoms with E-state index in [1.54, 1.807) is 6.92 Å². The lowest BCUT2D eigenvalue weighted by atomic mass is 9.72. The maximum Gasteiger partial charge on any atom is 0.169 e. The molecule has 1 spiro atoms. The van der Waals surface area contributed by atoms with Gasteiger partial charge in [-0.2, -0.15) is 5.26 Å². The second kappa shape index (κ2) is 2.27. The quantitative estimate of drug-likeness (QED) is 0.672. The lowest BCUT2D eigenvalue weighted by molar-refractivity contribution is 0.238. The Kier molecular flexibility index (Phi) is 1.57. The molecule has 0 atom stereocenters. The molecule has 2 saturated carbocycles. The zero-order valence-corrected chi connectivity index (χ0v) is 8.52. The summed E-state index contributed by atoms with van der Waals surface area (Å²) >= 11 is 0. The van der Waals surface area contributed by atoms with Gasteiger partial charge in [-0.05, 0) is 31.1 Å². The molecule has 0 radical (unpaired) electrons. The van der Waals surface area contributed by atoms with Crippen molar-refractivity contribution >= 4 is 9.84 Å². The van der Waals surface area contributed by atoms with E-state index in [1.165, 1.54) is 0 Å². The standard InChI is InChI=1S/C9H13NO2S/c1-2-13(11,12)9(7-10)5-8(6-9)3-4-8/h2-6H2,1H3. The molecule has 0 amide bonds. The van der Waals surface area contributed by atoms with Crippen LogP contribution in [0.4, 0.5) is 0 Å². The van der Waals surface area contributed by atoms with E-state index in [1.807, 2.05) is 6.07 Å². The van der Waals surface area contributed by atoms with Crippen LogP contribution in [-0.4, -0.2) is 18.9 Å². The van der Waals surface area contributed by atoms with Crippen LogP contribution >= 0.6 is 0 Å². The van der Waals surface area contributed by atoms with Crippen molar-refractivity contribution in [3.63, 3.8) is 0 Å². The van der Waals surface area contributed by atoms with Crippen LogP contribution in [0.2, 0.25) is 0 Å². The van der Waals surface area contributed by atoms with E-state index in [9.17, 15) is 8.42 Å². The molecule has 0 N–H and O–H groups in total. The van der Waals surface area contributed by atoms with Crippen LogP contribution < -0.4 is 0 Å². The molecule has 72 valence electrons. The summed E-state index contributed by atoms with van der Waals surface area (Å²) in [6.07, 6.45) is 3.42. The number of sulfone groups is 1. The van der Waals surface area contributed by atoms with Gasteiger partial charge in [0.15, 0.2) is 14.6 Å². The van der Waals surface area contributed by atoms with Crippen molar-refractivity contribution in [3.8, 4) is 6.07 Å². The van der Waals surface area contributed by atoms with Gasteiger partial charge in [0.05, 0.1) is 6.07 Å². The largest absolute Gasteiger partial charge is 0.227 e. The number of nitriles is 1. The molecule has 4 heteroatoms. The third-order valence-electron chi connectivity index (χ3n) is 3.46. The molecule has 2 aliphatic carbocycles. The molecule has 3 nitrogen and oxygen atoms in total. The molecule has 0 bridgehead atoms. The van der Waals surface area contributed by atoms with Crippen LogP contribution in [-0.2, 0) is 9.84 Å². The Morgan fingerprint density at radius 3 is 2.23 bits per heavy atom. The maximum absolute atomic E-state index is 11.6. The highest BCUT2D eigenvalue weighted by atomic mass is 32.2. The zero-order valence-electron chi connectivity index (χ0n) is 7.71. The highest BCUT2D eigenvalue weighted by Gasteiger charge is 2.66. The maximum atomic E-state index is 11.6. The van der Waals surface area contributed by atoms with Gasteiger partial charge in [-0.3, -0.25) is 0 Å². The summed E-state index contributed by atoms with van der Waals surface area (Å²) in [7, 11) is -3.17. The summed E-state index contributed by atoms with van der Waals surface area (Å²) in [4.78, 5) is 0. The van der Waals surface area contributed by atoms with Crippen LogP contribution in [0.1, 0.15) is 32.6 Å². The topological polar surface area (TPSA) is 57.9 Å². The Hall–Kier alpha value is -0.560. The van der Waals surface area contributed by atoms with Crippen LogP contribution in [0.15, 0.2) is 0 Å². The van der Waals surface area contributed by atoms with Crippen LogP contribution in [0, 0.1) is 16.7 Å². The van der Waals surface area contributed by atoms with E-state index in [0.29, 0.717) is 12.8 Å². The zero-order chi connectivity index (χ0) is 9.74. The number of hydrogen-bond acceptors (Lipinski definition) is 3. The van der Waals surface area contributed by atoms with Crippen molar-refractivity contribution < 1.29 is 8.42 Å². The second-order valence-electron chi connectivity index (χ2n) is 4.36. The predicted octanol–water partition coefficient (Wildman–Crippen LogP) is 1.26. The summed E-state index contributed by atoms with van der Waals surface area (Å²) in [5.74, 6) is 0.0939. The van der Waals surface area contributed by atoms with Crippen LogP contribution in [0.25, 0.3) is 0 Å². The van der Waals surface area contributed by atoms with Crippen molar-refractivity contribution in [2.45, 2.75) is 37.4 Å². The molecular weight excluding hydrogens is 186 g/mol. The Balaban J connectivity index is 2.26. The Labute approximate surface area is 78.7 Å². The van der Waals surface area contributed by atoms with E-state index in [-0.39, 0.29) is 11.2 Å². The van der Waals surface area contributed by atoms with Crippen molar-refractivity contribution in [3.05, 3.63) is 0 Å². The minimum Gasteiger partial charge on any atom is -0.227 e. The fraction of sp³-hybridized carbons (Fsp3) is 0.889. The normalized spacial score (nSPS) is 27.7. The molecule has 0 saturated heterocycles. The van der Waals surface area contributed by atoms with Gasteiger partial charge in [-0.15, -0.1) is 0 Å². The fourth-order valence-corrected chi connectivity index (χ4v) is 4.08. The monoisotopic (exact) mass is 199 g/mol. The lowest BCUT2D eigenvalue weighted by Gasteiger charge is -2.42. The molecule has 2 aliphatic rings. The third kappa shape index (κ3) is 1.03. The molecule has 2 fully saturated rings. The van der Waals surface area contributed by atoms with Gasteiger partial charge < -0.3 is 0 Å². The van der Waals surface area contributed by atoms with Crippen molar-refractivity contribution in [2.75, 3.05) is 5.75 Å². The van der Waals surface area contributed by atoms with E-state index < -0.39 is 14.6 Å². The first-order chi connectivity index (χ1) is 5.99. The Morgan fingerprint density at radius 2 is 1.92 bits per heavy atom. The summed E-state index contributed by atoms with van der Waals surface area (Å²) in [6.45, 7) is 1.62. The van der Waals surface area contributed by atoms with Crippen molar-refractivity contribution in [2.24, 2.45) is 5.41 Å². The van der Waals surface area contributed by atoms with Crippen molar-refractivity contribution in [1.29, 1.82) is 5.26 Å². The molecule has 0 aliphatic heterocycles. The second-order valence-corrected chi connectivity index (χ2v) is 6.95. The van der Waals surface area contributed by atoms with E-state index in [0.717, 1.165) is 12.8 Å². The number of nitrogens with zero attached hydrogens (tertiary/aromatic N) is 1. The third-order valence-corrected chi connectivity index (χ3v) is 5.79. The van der Waals surface area contributed by atoms with Gasteiger partial charge in [0, 0.05) is 5.75 Å². The van der Waals surface area contributed by atoms with Crippen LogP contribution in [0.3, 0.4) is 0 Å². The van der Waals surface area contributed by atoms with E-state index >= 15 is 0 Å². The molecule has 0 unspecified atom stereocenters. The first kappa shape index (κ1) is 9.01. The van der Waals surface area contributed by atoms with Gasteiger partial charge in [0.2, 0.25) is 0 Å². The first-order valence-corrected chi connectivity index (χ1v) is 6.28. The molecule has 0 aromatic rings. The van der Waals surface area contributed by atoms with Crippen molar-refractivity contribution in [1.82, 2.24) is 0 Å². The molecule has 0 aromatic heterocycles. The summed E-state index contributed by atoms with van der Waals surface area (Å²) in [5, 5.41) is 8.93. The number of rotatable bonds is 2. The lowest BCUT2D eigenvalue weighted by Crippen LogP contribution is -2.51. The molecule has 13 heavy (non-hydrogen) atoms. The summed E-state index contributed by atoms with van der Waals surface area (Å²) in [5.41, 5.74) is 0.262. The average Bonchev–Trinajstić information content (AvgIpc) is 2.80. The summed E-state index contributed by atoms with van der Waals surface area (Å²) in [6, 6.07) is 2.01. The smallest absolute Gasteiger partial charge is 0.169 e. The Morgan fingerprint density at radius 1 is 1.38 bits per heavy atom. The van der Waals surface area contributed by atoms with Gasteiger partial charge in [-0.25, -0.2) is 8.42 Å². The molecule has 0 heterocycles. The van der Waals surface area contributed by atoms with E-state index in [4.69, 9.17) is 5.26 Å². The van der Waals surface area contributed by atoms with Gasteiger partial charge >= 0.3 is 0 Å². The minimum absolute atomic E-state index is 0.0939. The number of hydrogen-bond donors (Lipinski definition) is 0. The molecule has 0 aromatic carbocycles.